The van der Waals surface area contributed by atoms with Crippen LogP contribution in [0.15, 0.2) is 24.3 Å². The summed E-state index contributed by atoms with van der Waals surface area (Å²) in [6.45, 7) is 6.84. The van der Waals surface area contributed by atoms with E-state index in [4.69, 9.17) is 5.10 Å². The predicted molar refractivity (Wildman–Crippen MR) is 94.5 cm³/mol. The highest BCUT2D eigenvalue weighted by Gasteiger charge is 2.23. The molecule has 4 rings (SSSR count). The molecule has 0 radical (unpaired) electrons. The molecule has 0 spiro atoms. The van der Waals surface area contributed by atoms with Crippen molar-refractivity contribution >= 4 is 5.82 Å². The Morgan fingerprint density at radius 2 is 1.87 bits per heavy atom. The molecule has 122 valence electrons. The van der Waals surface area contributed by atoms with Gasteiger partial charge in [0.05, 0.1) is 11.4 Å². The molecule has 4 heteroatoms. The Hall–Kier alpha value is -1.81. The number of likely N-dealkylation sites (tertiary alicyclic amines) is 1. The molecule has 1 saturated heterocycles. The highest BCUT2D eigenvalue weighted by Crippen LogP contribution is 2.29. The number of benzene rings is 1. The van der Waals surface area contributed by atoms with Crippen molar-refractivity contribution in [2.75, 3.05) is 31.5 Å². The van der Waals surface area contributed by atoms with E-state index in [0.717, 1.165) is 31.6 Å². The van der Waals surface area contributed by atoms with Crippen LogP contribution >= 0.6 is 0 Å². The number of hydrogen-bond donors (Lipinski definition) is 1. The number of aryl methyl sites for hydroxylation is 1. The van der Waals surface area contributed by atoms with Gasteiger partial charge in [0.1, 0.15) is 5.82 Å². The molecule has 1 aromatic heterocycles. The second-order valence-corrected chi connectivity index (χ2v) is 6.85. The molecule has 1 N–H and O–H groups in total. The molecule has 3 heterocycles. The van der Waals surface area contributed by atoms with E-state index in [0.29, 0.717) is 0 Å². The maximum Gasteiger partial charge on any atom is 0.133 e. The molecule has 0 atom stereocenters. The number of aromatic nitrogens is 2. The van der Waals surface area contributed by atoms with Gasteiger partial charge in [-0.2, -0.15) is 5.10 Å². The van der Waals surface area contributed by atoms with Crippen molar-refractivity contribution in [2.45, 2.75) is 39.0 Å². The lowest BCUT2D eigenvalue weighted by Crippen LogP contribution is -2.31. The van der Waals surface area contributed by atoms with Gasteiger partial charge in [0.15, 0.2) is 0 Å². The van der Waals surface area contributed by atoms with Crippen LogP contribution in [0.2, 0.25) is 0 Å². The molecule has 1 aromatic carbocycles. The first-order valence-electron chi connectivity index (χ1n) is 8.95. The van der Waals surface area contributed by atoms with Crippen LogP contribution in [0.25, 0.3) is 5.69 Å². The van der Waals surface area contributed by atoms with E-state index in [2.05, 4.69) is 46.1 Å². The summed E-state index contributed by atoms with van der Waals surface area (Å²) in [5.74, 6) is 1.21. The number of nitrogens with zero attached hydrogens (tertiary/aromatic N) is 3. The van der Waals surface area contributed by atoms with Crippen LogP contribution in [-0.4, -0.2) is 40.9 Å². The third-order valence-electron chi connectivity index (χ3n) is 5.13. The number of rotatable bonds is 4. The first kappa shape index (κ1) is 14.8. The SMILES string of the molecule is Cc1ccc(-n2nc(CCN3CCCCC3)c3c2NCC3)cc1. The van der Waals surface area contributed by atoms with Crippen molar-refractivity contribution in [1.82, 2.24) is 14.7 Å². The fraction of sp³-hybridized carbons (Fsp3) is 0.526. The van der Waals surface area contributed by atoms with Gasteiger partial charge in [-0.3, -0.25) is 0 Å². The first-order valence-corrected chi connectivity index (χ1v) is 8.95. The van der Waals surface area contributed by atoms with Crippen LogP contribution in [0.5, 0.6) is 0 Å². The van der Waals surface area contributed by atoms with E-state index in [1.165, 1.54) is 55.0 Å². The topological polar surface area (TPSA) is 33.1 Å². The Balaban J connectivity index is 1.56. The molecule has 0 unspecified atom stereocenters. The number of anilines is 1. The first-order chi connectivity index (χ1) is 11.3. The number of hydrogen-bond acceptors (Lipinski definition) is 3. The smallest absolute Gasteiger partial charge is 0.133 e. The second-order valence-electron chi connectivity index (χ2n) is 6.85. The molecule has 23 heavy (non-hydrogen) atoms. The molecule has 1 fully saturated rings. The molecular weight excluding hydrogens is 284 g/mol. The quantitative estimate of drug-likeness (QED) is 0.941. The van der Waals surface area contributed by atoms with E-state index >= 15 is 0 Å². The van der Waals surface area contributed by atoms with Gasteiger partial charge in [0.25, 0.3) is 0 Å². The van der Waals surface area contributed by atoms with Crippen LogP contribution in [-0.2, 0) is 12.8 Å². The predicted octanol–water partition coefficient (Wildman–Crippen LogP) is 3.18. The summed E-state index contributed by atoms with van der Waals surface area (Å²) in [5.41, 5.74) is 5.17. The number of piperidine rings is 1. The van der Waals surface area contributed by atoms with Gasteiger partial charge in [-0.1, -0.05) is 24.1 Å². The largest absolute Gasteiger partial charge is 0.369 e. The summed E-state index contributed by atoms with van der Waals surface area (Å²) in [6.07, 6.45) is 6.30. The zero-order valence-corrected chi connectivity index (χ0v) is 14.0. The monoisotopic (exact) mass is 310 g/mol. The lowest BCUT2D eigenvalue weighted by atomic mass is 10.1. The second kappa shape index (κ2) is 6.36. The van der Waals surface area contributed by atoms with Crippen LogP contribution in [0.4, 0.5) is 5.82 Å². The zero-order valence-electron chi connectivity index (χ0n) is 14.0. The average molecular weight is 310 g/mol. The third kappa shape index (κ3) is 3.00. The van der Waals surface area contributed by atoms with E-state index < -0.39 is 0 Å². The van der Waals surface area contributed by atoms with Gasteiger partial charge < -0.3 is 10.2 Å². The summed E-state index contributed by atoms with van der Waals surface area (Å²) in [4.78, 5) is 2.60. The van der Waals surface area contributed by atoms with Gasteiger partial charge in [-0.15, -0.1) is 0 Å². The highest BCUT2D eigenvalue weighted by molar-refractivity contribution is 5.57. The van der Waals surface area contributed by atoms with Gasteiger partial charge in [-0.25, -0.2) is 4.68 Å². The fourth-order valence-electron chi connectivity index (χ4n) is 3.77. The Morgan fingerprint density at radius 1 is 1.09 bits per heavy atom. The molecule has 0 saturated carbocycles. The molecule has 0 aliphatic carbocycles. The Morgan fingerprint density at radius 3 is 2.65 bits per heavy atom. The van der Waals surface area contributed by atoms with Crippen molar-refractivity contribution in [2.24, 2.45) is 0 Å². The van der Waals surface area contributed by atoms with Gasteiger partial charge in [0, 0.05) is 25.1 Å². The Kier molecular flexibility index (Phi) is 4.08. The standard InChI is InChI=1S/C19H26N4/c1-15-5-7-16(8-6-15)23-19-17(9-11-20-19)18(21-23)10-14-22-12-3-2-4-13-22/h5-8,20H,2-4,9-14H2,1H3. The minimum Gasteiger partial charge on any atom is -0.369 e. The fourth-order valence-corrected chi connectivity index (χ4v) is 3.77. The lowest BCUT2D eigenvalue weighted by Gasteiger charge is -2.26. The maximum atomic E-state index is 4.94. The molecular formula is C19H26N4. The maximum absolute atomic E-state index is 4.94. The zero-order chi connectivity index (χ0) is 15.6. The molecule has 4 nitrogen and oxygen atoms in total. The van der Waals surface area contributed by atoms with Crippen LogP contribution in [0.1, 0.15) is 36.1 Å². The van der Waals surface area contributed by atoms with Crippen molar-refractivity contribution in [3.63, 3.8) is 0 Å². The Labute approximate surface area is 138 Å². The number of nitrogens with one attached hydrogen (secondary N) is 1. The van der Waals surface area contributed by atoms with Crippen LogP contribution < -0.4 is 5.32 Å². The molecule has 0 amide bonds. The summed E-state index contributed by atoms with van der Waals surface area (Å²) in [7, 11) is 0. The van der Waals surface area contributed by atoms with E-state index in [-0.39, 0.29) is 0 Å². The molecule has 0 bridgehead atoms. The van der Waals surface area contributed by atoms with Crippen molar-refractivity contribution in [3.05, 3.63) is 41.1 Å². The van der Waals surface area contributed by atoms with Crippen LogP contribution in [0, 0.1) is 6.92 Å². The van der Waals surface area contributed by atoms with Crippen molar-refractivity contribution < 1.29 is 0 Å². The molecule has 2 aliphatic rings. The van der Waals surface area contributed by atoms with Crippen LogP contribution in [0.3, 0.4) is 0 Å². The Bertz CT molecular complexity index is 665. The minimum atomic E-state index is 1.04. The van der Waals surface area contributed by atoms with Crippen molar-refractivity contribution in [1.29, 1.82) is 0 Å². The normalized spacial score (nSPS) is 18.0. The van der Waals surface area contributed by atoms with E-state index in [9.17, 15) is 0 Å². The summed E-state index contributed by atoms with van der Waals surface area (Å²) in [6, 6.07) is 8.64. The average Bonchev–Trinajstić information content (AvgIpc) is 3.18. The molecule has 2 aromatic rings. The third-order valence-corrected chi connectivity index (χ3v) is 5.13. The highest BCUT2D eigenvalue weighted by atomic mass is 15.3. The van der Waals surface area contributed by atoms with Gasteiger partial charge >= 0.3 is 0 Å². The summed E-state index contributed by atoms with van der Waals surface area (Å²) < 4.78 is 2.10. The van der Waals surface area contributed by atoms with Gasteiger partial charge in [-0.05, 0) is 51.4 Å². The number of fused-ring (bicyclic) bond motifs is 1. The summed E-state index contributed by atoms with van der Waals surface area (Å²) in [5, 5.41) is 8.47. The molecule has 2 aliphatic heterocycles. The summed E-state index contributed by atoms with van der Waals surface area (Å²) >= 11 is 0. The van der Waals surface area contributed by atoms with Gasteiger partial charge in [0.2, 0.25) is 0 Å². The minimum absolute atomic E-state index is 1.04. The van der Waals surface area contributed by atoms with Crippen molar-refractivity contribution in [3.8, 4) is 5.69 Å². The van der Waals surface area contributed by atoms with E-state index in [1.54, 1.807) is 0 Å². The van der Waals surface area contributed by atoms with E-state index in [1.807, 2.05) is 0 Å². The lowest BCUT2D eigenvalue weighted by molar-refractivity contribution is 0.230.